The lowest BCUT2D eigenvalue weighted by molar-refractivity contribution is -0.149. The van der Waals surface area contributed by atoms with E-state index in [9.17, 15) is 29.1 Å². The van der Waals surface area contributed by atoms with Crippen molar-refractivity contribution < 1.29 is 33.8 Å². The van der Waals surface area contributed by atoms with Gasteiger partial charge in [-0.05, 0) is 37.2 Å². The van der Waals surface area contributed by atoms with Gasteiger partial charge in [0.1, 0.15) is 16.5 Å². The summed E-state index contributed by atoms with van der Waals surface area (Å²) in [4.78, 5) is 68.9. The number of carboxylic acid groups (broad SMARTS) is 1. The molecule has 0 saturated carbocycles. The number of hydrogen-bond acceptors (Lipinski definition) is 8. The van der Waals surface area contributed by atoms with Gasteiger partial charge in [-0.15, -0.1) is 11.3 Å². The van der Waals surface area contributed by atoms with Gasteiger partial charge in [-0.3, -0.25) is 19.2 Å². The molecule has 0 bridgehead atoms. The highest BCUT2D eigenvalue weighted by atomic mass is 32.1. The monoisotopic (exact) mass is 643 g/mol. The zero-order chi connectivity index (χ0) is 33.8. The number of aliphatic carboxylic acids is 1. The second kappa shape index (κ2) is 17.8. The second-order valence-corrected chi connectivity index (χ2v) is 13.3. The van der Waals surface area contributed by atoms with Gasteiger partial charge in [0, 0.05) is 50.2 Å². The van der Waals surface area contributed by atoms with Crippen molar-refractivity contribution in [3.63, 3.8) is 0 Å². The van der Waals surface area contributed by atoms with Crippen LogP contribution in [0.25, 0.3) is 0 Å². The van der Waals surface area contributed by atoms with Crippen molar-refractivity contribution in [1.82, 2.24) is 15.2 Å². The standard InChI is InChI=1S/C34H49N3O7S/c1-9-21(4)27(16-23(6)38)33(41)37(8)29(20(2)3)18-30(44-24(7)39)32-36-28(19-45-32)31(40)35-26(15-22(5)34(42)43)17-25-13-11-10-12-14-25/h10-14,19-22,26-27,29-30H,9,15-18H2,1-8H3,(H,35,40)(H,42,43)/t21-,22-,26+,27-,29+,30+/m0/s1. The molecule has 11 heteroatoms. The van der Waals surface area contributed by atoms with Crippen molar-refractivity contribution in [2.45, 2.75) is 98.8 Å². The number of carbonyl (C=O) groups excluding carboxylic acids is 4. The molecule has 45 heavy (non-hydrogen) atoms. The normalized spacial score (nSPS) is 15.3. The van der Waals surface area contributed by atoms with Gasteiger partial charge in [0.15, 0.2) is 6.10 Å². The van der Waals surface area contributed by atoms with E-state index in [0.29, 0.717) is 11.4 Å². The SMILES string of the molecule is CC[C@H](C)[C@H](CC(C)=O)C(=O)N(C)[C@H](C[C@@H](OC(C)=O)c1nc(C(=O)N[C@@H](Cc2ccccc2)C[C@H](C)C(=O)O)cs1)C(C)C. The number of nitrogens with one attached hydrogen (secondary N) is 1. The lowest BCUT2D eigenvalue weighted by Crippen LogP contribution is -2.46. The summed E-state index contributed by atoms with van der Waals surface area (Å²) in [5, 5.41) is 14.4. The Balaban J connectivity index is 2.30. The number of benzene rings is 1. The highest BCUT2D eigenvalue weighted by Crippen LogP contribution is 2.32. The van der Waals surface area contributed by atoms with Crippen LogP contribution in [-0.2, 0) is 30.3 Å². The maximum absolute atomic E-state index is 13.7. The van der Waals surface area contributed by atoms with Gasteiger partial charge in [0.2, 0.25) is 5.91 Å². The molecule has 0 radical (unpaired) electrons. The summed E-state index contributed by atoms with van der Waals surface area (Å²) < 4.78 is 5.69. The number of nitrogens with zero attached hydrogens (tertiary/aromatic N) is 2. The third kappa shape index (κ3) is 11.7. The fourth-order valence-electron chi connectivity index (χ4n) is 5.47. The zero-order valence-electron chi connectivity index (χ0n) is 27.7. The van der Waals surface area contributed by atoms with Gasteiger partial charge in [-0.1, -0.05) is 71.4 Å². The summed E-state index contributed by atoms with van der Waals surface area (Å²) >= 11 is 1.18. The fraction of sp³-hybridized carbons (Fsp3) is 0.588. The van der Waals surface area contributed by atoms with Gasteiger partial charge < -0.3 is 24.9 Å². The van der Waals surface area contributed by atoms with Crippen LogP contribution < -0.4 is 5.32 Å². The van der Waals surface area contributed by atoms with E-state index < -0.39 is 41.8 Å². The van der Waals surface area contributed by atoms with Crippen LogP contribution in [0.15, 0.2) is 35.7 Å². The molecule has 1 heterocycles. The Bertz CT molecular complexity index is 1300. The number of thiazole rings is 1. The zero-order valence-corrected chi connectivity index (χ0v) is 28.6. The Hall–Kier alpha value is -3.60. The Morgan fingerprint density at radius 2 is 1.67 bits per heavy atom. The topological polar surface area (TPSA) is 143 Å². The van der Waals surface area contributed by atoms with E-state index in [1.165, 1.54) is 25.2 Å². The van der Waals surface area contributed by atoms with Crippen LogP contribution in [-0.4, -0.2) is 63.7 Å². The molecule has 2 N–H and O–H groups in total. The first-order chi connectivity index (χ1) is 21.1. The molecule has 0 spiro atoms. The largest absolute Gasteiger partial charge is 0.481 e. The van der Waals surface area contributed by atoms with E-state index in [4.69, 9.17) is 4.74 Å². The molecular formula is C34H49N3O7S. The van der Waals surface area contributed by atoms with Crippen molar-refractivity contribution in [3.8, 4) is 0 Å². The summed E-state index contributed by atoms with van der Waals surface area (Å²) in [7, 11) is 1.72. The Labute approximate surface area is 270 Å². The average molecular weight is 644 g/mol. The molecule has 0 aliphatic rings. The Kier molecular flexibility index (Phi) is 14.8. The maximum Gasteiger partial charge on any atom is 0.306 e. The number of esters is 1. The molecule has 0 aliphatic carbocycles. The number of amides is 2. The molecule has 248 valence electrons. The quantitative estimate of drug-likeness (QED) is 0.197. The van der Waals surface area contributed by atoms with Gasteiger partial charge in [-0.2, -0.15) is 0 Å². The molecule has 10 nitrogen and oxygen atoms in total. The number of aromatic nitrogens is 1. The molecular weight excluding hydrogens is 594 g/mol. The molecule has 2 aromatic rings. The highest BCUT2D eigenvalue weighted by Gasteiger charge is 2.35. The maximum atomic E-state index is 13.7. The van der Waals surface area contributed by atoms with Crippen LogP contribution in [0.5, 0.6) is 0 Å². The van der Waals surface area contributed by atoms with Crippen LogP contribution in [0.1, 0.15) is 101 Å². The number of carboxylic acids is 1. The van der Waals surface area contributed by atoms with Crippen molar-refractivity contribution in [2.75, 3.05) is 7.05 Å². The van der Waals surface area contributed by atoms with Gasteiger partial charge in [0.05, 0.1) is 5.92 Å². The predicted octanol–water partition coefficient (Wildman–Crippen LogP) is 5.71. The number of ketones is 1. The van der Waals surface area contributed by atoms with Crippen molar-refractivity contribution in [3.05, 3.63) is 52.0 Å². The first-order valence-corrected chi connectivity index (χ1v) is 16.5. The molecule has 1 aromatic heterocycles. The molecule has 1 aromatic carbocycles. The second-order valence-electron chi connectivity index (χ2n) is 12.4. The molecule has 0 saturated heterocycles. The van der Waals surface area contributed by atoms with Gasteiger partial charge in [0.25, 0.3) is 5.91 Å². The van der Waals surface area contributed by atoms with Crippen LogP contribution in [0.3, 0.4) is 0 Å². The minimum Gasteiger partial charge on any atom is -0.481 e. The Morgan fingerprint density at radius 1 is 1.02 bits per heavy atom. The Morgan fingerprint density at radius 3 is 2.20 bits per heavy atom. The van der Waals surface area contributed by atoms with Crippen LogP contribution in [0.2, 0.25) is 0 Å². The van der Waals surface area contributed by atoms with E-state index in [0.717, 1.165) is 12.0 Å². The summed E-state index contributed by atoms with van der Waals surface area (Å²) in [5.74, 6) is -3.19. The van der Waals surface area contributed by atoms with Crippen LogP contribution >= 0.6 is 11.3 Å². The third-order valence-electron chi connectivity index (χ3n) is 8.28. The van der Waals surface area contributed by atoms with Gasteiger partial charge >= 0.3 is 11.9 Å². The number of hydrogen-bond donors (Lipinski definition) is 2. The fourth-order valence-corrected chi connectivity index (χ4v) is 6.31. The van der Waals surface area contributed by atoms with Crippen molar-refractivity contribution in [1.29, 1.82) is 0 Å². The van der Waals surface area contributed by atoms with E-state index in [1.54, 1.807) is 24.3 Å². The summed E-state index contributed by atoms with van der Waals surface area (Å²) in [6.07, 6.45) is 1.06. The van der Waals surface area contributed by atoms with E-state index in [2.05, 4.69) is 10.3 Å². The third-order valence-corrected chi connectivity index (χ3v) is 9.22. The van der Waals surface area contributed by atoms with E-state index in [-0.39, 0.29) is 54.5 Å². The predicted molar refractivity (Wildman–Crippen MR) is 174 cm³/mol. The molecule has 6 atom stereocenters. The lowest BCUT2D eigenvalue weighted by atomic mass is 9.85. The molecule has 0 aliphatic heterocycles. The minimum absolute atomic E-state index is 0.00961. The number of ether oxygens (including phenoxy) is 1. The van der Waals surface area contributed by atoms with E-state index >= 15 is 0 Å². The average Bonchev–Trinajstić information content (AvgIpc) is 3.47. The first kappa shape index (κ1) is 37.6. The smallest absolute Gasteiger partial charge is 0.306 e. The van der Waals surface area contributed by atoms with Crippen LogP contribution in [0.4, 0.5) is 0 Å². The summed E-state index contributed by atoms with van der Waals surface area (Å²) in [5.41, 5.74) is 1.10. The number of Topliss-reactive ketones (excluding diaryl/α,β-unsaturated/α-hetero) is 1. The van der Waals surface area contributed by atoms with Gasteiger partial charge in [-0.25, -0.2) is 4.98 Å². The number of carbonyl (C=O) groups is 5. The van der Waals surface area contributed by atoms with E-state index in [1.807, 2.05) is 58.0 Å². The van der Waals surface area contributed by atoms with Crippen molar-refractivity contribution >= 4 is 40.9 Å². The molecule has 0 fully saturated rings. The molecule has 2 rings (SSSR count). The molecule has 2 amide bonds. The lowest BCUT2D eigenvalue weighted by Gasteiger charge is -2.36. The summed E-state index contributed by atoms with van der Waals surface area (Å²) in [6, 6.07) is 8.73. The minimum atomic E-state index is -0.942. The van der Waals surface area contributed by atoms with Crippen molar-refractivity contribution in [2.24, 2.45) is 23.7 Å². The van der Waals surface area contributed by atoms with Crippen LogP contribution in [0, 0.1) is 23.7 Å². The first-order valence-electron chi connectivity index (χ1n) is 15.6. The highest BCUT2D eigenvalue weighted by molar-refractivity contribution is 7.09. The summed E-state index contributed by atoms with van der Waals surface area (Å²) in [6.45, 7) is 12.3. The number of rotatable bonds is 18. The molecule has 0 unspecified atom stereocenters.